The topological polar surface area (TPSA) is 96.5 Å². The van der Waals surface area contributed by atoms with E-state index >= 15 is 0 Å². The molecule has 0 unspecified atom stereocenters. The second kappa shape index (κ2) is 5.13. The number of benzene rings is 1. The first kappa shape index (κ1) is 14.0. The van der Waals surface area contributed by atoms with Crippen molar-refractivity contribution in [3.63, 3.8) is 0 Å². The Morgan fingerprint density at radius 3 is 2.73 bits per heavy atom. The molecule has 0 radical (unpaired) electrons. The van der Waals surface area contributed by atoms with Gasteiger partial charge in [-0.3, -0.25) is 4.79 Å². The van der Waals surface area contributed by atoms with Crippen molar-refractivity contribution in [2.45, 2.75) is 6.18 Å². The first-order chi connectivity index (χ1) is 10.4. The molecule has 22 heavy (non-hydrogen) atoms. The van der Waals surface area contributed by atoms with Crippen LogP contribution in [0.1, 0.15) is 0 Å². The van der Waals surface area contributed by atoms with Crippen LogP contribution in [0.15, 0.2) is 29.1 Å². The van der Waals surface area contributed by atoms with Gasteiger partial charge in [0, 0.05) is 0 Å². The van der Waals surface area contributed by atoms with Crippen LogP contribution in [0.25, 0.3) is 22.6 Å². The Labute approximate surface area is 120 Å². The number of fused-ring (bicyclic) bond motifs is 1. The first-order valence-electron chi connectivity index (χ1n) is 6.04. The highest BCUT2D eigenvalue weighted by atomic mass is 19.4. The largest absolute Gasteiger partial charge is 0.483 e. The van der Waals surface area contributed by atoms with Gasteiger partial charge in [0.05, 0.1) is 5.56 Å². The molecule has 2 aromatic heterocycles. The Morgan fingerprint density at radius 2 is 1.95 bits per heavy atom. The van der Waals surface area contributed by atoms with Gasteiger partial charge in [-0.2, -0.15) is 18.4 Å². The summed E-state index contributed by atoms with van der Waals surface area (Å²) < 4.78 is 41.6. The molecule has 0 amide bonds. The van der Waals surface area contributed by atoms with Gasteiger partial charge in [-0.05, 0) is 12.1 Å². The lowest BCUT2D eigenvalue weighted by Gasteiger charge is -2.12. The van der Waals surface area contributed by atoms with Crippen LogP contribution in [0, 0.1) is 0 Å². The summed E-state index contributed by atoms with van der Waals surface area (Å²) in [6.45, 7) is -1.44. The van der Waals surface area contributed by atoms with Gasteiger partial charge < -0.3 is 9.72 Å². The molecule has 7 nitrogen and oxygen atoms in total. The van der Waals surface area contributed by atoms with Crippen LogP contribution in [0.3, 0.4) is 0 Å². The van der Waals surface area contributed by atoms with Gasteiger partial charge in [0.15, 0.2) is 12.1 Å². The Kier molecular flexibility index (Phi) is 3.28. The maximum atomic E-state index is 12.3. The Morgan fingerprint density at radius 1 is 1.18 bits per heavy atom. The molecule has 3 rings (SSSR count). The molecule has 0 fully saturated rings. The summed E-state index contributed by atoms with van der Waals surface area (Å²) in [6, 6.07) is 5.94. The third-order valence-corrected chi connectivity index (χ3v) is 2.73. The van der Waals surface area contributed by atoms with Gasteiger partial charge in [-0.15, -0.1) is 10.2 Å². The Hall–Kier alpha value is -2.91. The number of aromatic amines is 2. The lowest BCUT2D eigenvalue weighted by molar-refractivity contribution is -0.153. The monoisotopic (exact) mass is 311 g/mol. The first-order valence-corrected chi connectivity index (χ1v) is 6.04. The zero-order chi connectivity index (χ0) is 15.7. The van der Waals surface area contributed by atoms with E-state index in [1.165, 1.54) is 18.2 Å². The number of alkyl halides is 3. The normalized spacial score (nSPS) is 11.8. The van der Waals surface area contributed by atoms with Crippen LogP contribution in [0.4, 0.5) is 13.2 Å². The van der Waals surface area contributed by atoms with Gasteiger partial charge in [0.1, 0.15) is 11.6 Å². The average Bonchev–Trinajstić information content (AvgIpc) is 2.93. The molecule has 10 heteroatoms. The van der Waals surface area contributed by atoms with E-state index < -0.39 is 18.3 Å². The van der Waals surface area contributed by atoms with Crippen LogP contribution in [-0.2, 0) is 0 Å². The molecule has 0 aliphatic rings. The molecule has 0 atom stereocenters. The molecular weight excluding hydrogens is 303 g/mol. The van der Waals surface area contributed by atoms with Crippen molar-refractivity contribution in [1.82, 2.24) is 25.4 Å². The van der Waals surface area contributed by atoms with E-state index in [-0.39, 0.29) is 28.3 Å². The van der Waals surface area contributed by atoms with Crippen LogP contribution in [-0.4, -0.2) is 38.2 Å². The summed E-state index contributed by atoms with van der Waals surface area (Å²) in [5, 5.41) is 9.57. The van der Waals surface area contributed by atoms with E-state index in [1.807, 2.05) is 0 Å². The minimum Gasteiger partial charge on any atom is -0.483 e. The number of para-hydroxylation sites is 1. The predicted octanol–water partition coefficient (Wildman–Crippen LogP) is 1.65. The summed E-state index contributed by atoms with van der Waals surface area (Å²) in [6.07, 6.45) is -4.47. The molecule has 3 aromatic rings. The number of hydrogen-bond acceptors (Lipinski definition) is 5. The minimum atomic E-state index is -4.47. The standard InChI is InChI=1S/C12H8F3N5O2/c13-12(14,15)5-22-7-4-2-1-3-6(7)9-16-10-8(11(21)17-9)18-20-19-10/h1-4H,5H2,(H2,16,17,18,19,20,21). The summed E-state index contributed by atoms with van der Waals surface area (Å²) >= 11 is 0. The summed E-state index contributed by atoms with van der Waals surface area (Å²) in [7, 11) is 0. The van der Waals surface area contributed by atoms with Gasteiger partial charge in [0.25, 0.3) is 5.56 Å². The summed E-state index contributed by atoms with van der Waals surface area (Å²) in [5.74, 6) is -0.00463. The molecule has 2 N–H and O–H groups in total. The summed E-state index contributed by atoms with van der Waals surface area (Å²) in [5.41, 5.74) is -0.269. The fraction of sp³-hybridized carbons (Fsp3) is 0.167. The van der Waals surface area contributed by atoms with Crippen LogP contribution < -0.4 is 10.3 Å². The molecule has 0 saturated carbocycles. The number of hydrogen-bond donors (Lipinski definition) is 2. The van der Waals surface area contributed by atoms with Gasteiger partial charge >= 0.3 is 6.18 Å². The highest BCUT2D eigenvalue weighted by molar-refractivity contribution is 5.72. The van der Waals surface area contributed by atoms with E-state index in [1.54, 1.807) is 6.07 Å². The average molecular weight is 311 g/mol. The lowest BCUT2D eigenvalue weighted by Crippen LogP contribution is -2.19. The van der Waals surface area contributed by atoms with Crippen LogP contribution >= 0.6 is 0 Å². The molecule has 114 valence electrons. The molecule has 1 aromatic carbocycles. The number of aromatic nitrogens is 5. The molecule has 0 saturated heterocycles. The SMILES string of the molecule is O=c1[nH]c(-c2ccccc2OCC(F)(F)F)nc2n[nH]nc12. The number of nitrogens with one attached hydrogen (secondary N) is 2. The minimum absolute atomic E-state index is 0.0115. The van der Waals surface area contributed by atoms with Gasteiger partial charge in [-0.25, -0.2) is 4.98 Å². The number of ether oxygens (including phenoxy) is 1. The van der Waals surface area contributed by atoms with Crippen molar-refractivity contribution in [1.29, 1.82) is 0 Å². The predicted molar refractivity (Wildman–Crippen MR) is 69.3 cm³/mol. The maximum absolute atomic E-state index is 12.3. The van der Waals surface area contributed by atoms with Crippen molar-refractivity contribution in [3.8, 4) is 17.1 Å². The quantitative estimate of drug-likeness (QED) is 0.766. The third kappa shape index (κ3) is 2.75. The van der Waals surface area contributed by atoms with E-state index in [2.05, 4.69) is 25.4 Å². The number of H-pyrrole nitrogens is 2. The van der Waals surface area contributed by atoms with E-state index in [9.17, 15) is 18.0 Å². The number of nitrogens with zero attached hydrogens (tertiary/aromatic N) is 3. The fourth-order valence-electron chi connectivity index (χ4n) is 1.83. The van der Waals surface area contributed by atoms with Gasteiger partial charge in [-0.1, -0.05) is 12.1 Å². The van der Waals surface area contributed by atoms with Crippen molar-refractivity contribution < 1.29 is 17.9 Å². The maximum Gasteiger partial charge on any atom is 0.422 e. The van der Waals surface area contributed by atoms with Crippen molar-refractivity contribution in [3.05, 3.63) is 34.6 Å². The second-order valence-corrected chi connectivity index (χ2v) is 4.31. The number of halogens is 3. The van der Waals surface area contributed by atoms with Crippen molar-refractivity contribution in [2.24, 2.45) is 0 Å². The van der Waals surface area contributed by atoms with E-state index in [0.717, 1.165) is 0 Å². The summed E-state index contributed by atoms with van der Waals surface area (Å²) in [4.78, 5) is 18.3. The van der Waals surface area contributed by atoms with Crippen LogP contribution in [0.5, 0.6) is 5.75 Å². The zero-order valence-electron chi connectivity index (χ0n) is 10.8. The molecule has 0 spiro atoms. The van der Waals surface area contributed by atoms with Crippen LogP contribution in [0.2, 0.25) is 0 Å². The van der Waals surface area contributed by atoms with Gasteiger partial charge in [0.2, 0.25) is 5.65 Å². The highest BCUT2D eigenvalue weighted by Crippen LogP contribution is 2.28. The zero-order valence-corrected chi connectivity index (χ0v) is 10.8. The van der Waals surface area contributed by atoms with E-state index in [0.29, 0.717) is 0 Å². The molecule has 0 aliphatic carbocycles. The molecular formula is C12H8F3N5O2. The second-order valence-electron chi connectivity index (χ2n) is 4.31. The van der Waals surface area contributed by atoms with Crippen molar-refractivity contribution >= 4 is 11.2 Å². The smallest absolute Gasteiger partial charge is 0.422 e. The third-order valence-electron chi connectivity index (χ3n) is 2.73. The fourth-order valence-corrected chi connectivity index (χ4v) is 1.83. The lowest BCUT2D eigenvalue weighted by atomic mass is 10.2. The molecule has 2 heterocycles. The Bertz CT molecular complexity index is 871. The number of rotatable bonds is 3. The Balaban J connectivity index is 2.04. The molecule has 0 aliphatic heterocycles. The van der Waals surface area contributed by atoms with Crippen molar-refractivity contribution in [2.75, 3.05) is 6.61 Å². The highest BCUT2D eigenvalue weighted by Gasteiger charge is 2.29. The molecule has 0 bridgehead atoms. The van der Waals surface area contributed by atoms with E-state index in [4.69, 9.17) is 4.74 Å².